The van der Waals surface area contributed by atoms with Crippen molar-refractivity contribution < 1.29 is 19.4 Å². The van der Waals surface area contributed by atoms with Crippen LogP contribution in [0.2, 0.25) is 0 Å². The normalized spacial score (nSPS) is 18.7. The van der Waals surface area contributed by atoms with Gasteiger partial charge in [-0.05, 0) is 43.1 Å². The third-order valence-corrected chi connectivity index (χ3v) is 7.88. The Bertz CT molecular complexity index is 1070. The van der Waals surface area contributed by atoms with Crippen LogP contribution in [0.3, 0.4) is 0 Å². The van der Waals surface area contributed by atoms with Gasteiger partial charge in [-0.2, -0.15) is 5.10 Å². The maximum atomic E-state index is 10.9. The monoisotopic (exact) mass is 508 g/mol. The number of hydrogen-bond donors (Lipinski definition) is 1. The summed E-state index contributed by atoms with van der Waals surface area (Å²) in [5, 5.41) is 15.6. The van der Waals surface area contributed by atoms with E-state index >= 15 is 0 Å². The number of aliphatic hydroxyl groups is 1. The number of carbonyl (C=O) groups excluding carboxylic acids is 1. The minimum atomic E-state index is -0.703. The molecule has 1 aliphatic carbocycles. The van der Waals surface area contributed by atoms with E-state index in [1.807, 2.05) is 23.9 Å². The van der Waals surface area contributed by atoms with Crippen LogP contribution in [0.5, 0.6) is 0 Å². The summed E-state index contributed by atoms with van der Waals surface area (Å²) in [5.41, 5.74) is 4.51. The molecule has 1 unspecified atom stereocenters. The van der Waals surface area contributed by atoms with E-state index in [0.29, 0.717) is 31.3 Å². The van der Waals surface area contributed by atoms with Crippen LogP contribution < -0.4 is 0 Å². The number of rotatable bonds is 13. The number of carbonyl (C=O) groups is 1. The zero-order chi connectivity index (χ0) is 25.2. The predicted octanol–water partition coefficient (Wildman–Crippen LogP) is 5.34. The van der Waals surface area contributed by atoms with Gasteiger partial charge in [-0.15, -0.1) is 11.8 Å². The fourth-order valence-corrected chi connectivity index (χ4v) is 5.89. The van der Waals surface area contributed by atoms with Gasteiger partial charge in [-0.3, -0.25) is 4.68 Å². The van der Waals surface area contributed by atoms with Crippen molar-refractivity contribution in [2.45, 2.75) is 43.4 Å². The minimum Gasteiger partial charge on any atom is -0.393 e. The van der Waals surface area contributed by atoms with Crippen LogP contribution in [0.15, 0.2) is 65.7 Å². The lowest BCUT2D eigenvalue weighted by atomic mass is 9.82. The molecule has 1 saturated carbocycles. The molecule has 0 spiro atoms. The smallest absolute Gasteiger partial charge is 0.151 e. The number of ether oxygens (including phenoxy) is 2. The Balaban J connectivity index is 1.56. The molecule has 1 fully saturated rings. The number of benzene rings is 2. The first-order valence-electron chi connectivity index (χ1n) is 12.7. The average Bonchev–Trinajstić information content (AvgIpc) is 3.29. The second kappa shape index (κ2) is 13.7. The highest BCUT2D eigenvalue weighted by Gasteiger charge is 2.26. The van der Waals surface area contributed by atoms with Crippen LogP contribution in [0.25, 0.3) is 22.4 Å². The van der Waals surface area contributed by atoms with Crippen molar-refractivity contribution in [2.24, 2.45) is 11.8 Å². The van der Waals surface area contributed by atoms with Crippen molar-refractivity contribution in [2.75, 3.05) is 32.7 Å². The molecule has 1 aromatic heterocycles. The van der Waals surface area contributed by atoms with E-state index in [-0.39, 0.29) is 6.61 Å². The third kappa shape index (κ3) is 6.85. The van der Waals surface area contributed by atoms with E-state index in [1.165, 1.54) is 16.2 Å². The van der Waals surface area contributed by atoms with Gasteiger partial charge >= 0.3 is 0 Å². The molecule has 1 heterocycles. The summed E-state index contributed by atoms with van der Waals surface area (Å²) in [4.78, 5) is 10.9. The Kier molecular flexibility index (Phi) is 10.2. The third-order valence-electron chi connectivity index (χ3n) is 6.82. The topological polar surface area (TPSA) is 73.6 Å². The summed E-state index contributed by atoms with van der Waals surface area (Å²) in [6, 6.07) is 21.0. The first-order valence-corrected chi connectivity index (χ1v) is 13.7. The van der Waals surface area contributed by atoms with E-state index in [9.17, 15) is 9.90 Å². The zero-order valence-electron chi connectivity index (χ0n) is 20.9. The Morgan fingerprint density at radius 1 is 1.03 bits per heavy atom. The highest BCUT2D eigenvalue weighted by Crippen LogP contribution is 2.41. The molecule has 1 N–H and O–H groups in total. The first-order chi connectivity index (χ1) is 17.7. The van der Waals surface area contributed by atoms with E-state index in [0.717, 1.165) is 49.2 Å². The molecule has 0 saturated heterocycles. The van der Waals surface area contributed by atoms with Gasteiger partial charge in [0.1, 0.15) is 16.8 Å². The van der Waals surface area contributed by atoms with E-state index in [1.54, 1.807) is 7.11 Å². The number of nitrogens with zero attached hydrogens (tertiary/aromatic N) is 2. The Hall–Kier alpha value is -2.45. The predicted molar refractivity (Wildman–Crippen MR) is 144 cm³/mol. The zero-order valence-corrected chi connectivity index (χ0v) is 21.7. The van der Waals surface area contributed by atoms with Gasteiger partial charge in [0.15, 0.2) is 6.29 Å². The number of methoxy groups -OCH3 is 1. The number of aromatic nitrogens is 2. The maximum absolute atomic E-state index is 10.9. The number of aliphatic hydroxyl groups excluding tert-OH is 1. The Morgan fingerprint density at radius 2 is 1.67 bits per heavy atom. The molecule has 3 aromatic rings. The summed E-state index contributed by atoms with van der Waals surface area (Å²) in [5.74, 6) is 1.83. The van der Waals surface area contributed by atoms with Crippen molar-refractivity contribution >= 4 is 18.0 Å². The van der Waals surface area contributed by atoms with Crippen molar-refractivity contribution in [1.29, 1.82) is 0 Å². The van der Waals surface area contributed by atoms with Gasteiger partial charge in [0, 0.05) is 30.5 Å². The second-order valence-electron chi connectivity index (χ2n) is 9.36. The van der Waals surface area contributed by atoms with Gasteiger partial charge < -0.3 is 19.4 Å². The molecule has 7 heteroatoms. The van der Waals surface area contributed by atoms with Gasteiger partial charge in [0.2, 0.25) is 0 Å². The van der Waals surface area contributed by atoms with Crippen molar-refractivity contribution in [3.8, 4) is 22.4 Å². The number of aldehydes is 1. The largest absolute Gasteiger partial charge is 0.393 e. The second-order valence-corrected chi connectivity index (χ2v) is 10.4. The summed E-state index contributed by atoms with van der Waals surface area (Å²) in [7, 11) is 1.74. The molecule has 192 valence electrons. The molecule has 0 aliphatic heterocycles. The lowest BCUT2D eigenvalue weighted by molar-refractivity contribution is -0.121. The van der Waals surface area contributed by atoms with Crippen LogP contribution in [0.4, 0.5) is 0 Å². The van der Waals surface area contributed by atoms with Crippen LogP contribution in [-0.4, -0.2) is 60.0 Å². The number of thioether (sulfide) groups is 1. The average molecular weight is 509 g/mol. The molecular weight excluding hydrogens is 472 g/mol. The molecule has 36 heavy (non-hydrogen) atoms. The maximum Gasteiger partial charge on any atom is 0.151 e. The summed E-state index contributed by atoms with van der Waals surface area (Å²) in [6.07, 6.45) is 4.30. The molecule has 4 rings (SSSR count). The van der Waals surface area contributed by atoms with Crippen LogP contribution in [-0.2, 0) is 20.8 Å². The molecule has 1 aliphatic rings. The van der Waals surface area contributed by atoms with Crippen LogP contribution in [0, 0.1) is 11.8 Å². The van der Waals surface area contributed by atoms with Crippen molar-refractivity contribution in [3.05, 3.63) is 60.7 Å². The summed E-state index contributed by atoms with van der Waals surface area (Å²) < 4.78 is 13.2. The van der Waals surface area contributed by atoms with Gasteiger partial charge in [0.05, 0.1) is 19.8 Å². The number of hydrogen-bond acceptors (Lipinski definition) is 6. The fourth-order valence-electron chi connectivity index (χ4n) is 4.82. The van der Waals surface area contributed by atoms with Crippen molar-refractivity contribution in [3.63, 3.8) is 0 Å². The van der Waals surface area contributed by atoms with E-state index in [2.05, 4.69) is 53.2 Å². The molecule has 2 aromatic carbocycles. The van der Waals surface area contributed by atoms with Crippen molar-refractivity contribution in [1.82, 2.24) is 9.78 Å². The Labute approximate surface area is 218 Å². The van der Waals surface area contributed by atoms with Gasteiger partial charge in [0.25, 0.3) is 0 Å². The lowest BCUT2D eigenvalue weighted by Crippen LogP contribution is -2.26. The van der Waals surface area contributed by atoms with Crippen LogP contribution in [0.1, 0.15) is 25.7 Å². The Morgan fingerprint density at radius 3 is 2.28 bits per heavy atom. The highest BCUT2D eigenvalue weighted by atomic mass is 32.2. The summed E-state index contributed by atoms with van der Waals surface area (Å²) >= 11 is 1.81. The molecule has 6 nitrogen and oxygen atoms in total. The van der Waals surface area contributed by atoms with E-state index in [4.69, 9.17) is 14.6 Å². The highest BCUT2D eigenvalue weighted by molar-refractivity contribution is 7.99. The molecule has 1 atom stereocenters. The lowest BCUT2D eigenvalue weighted by Gasteiger charge is -2.29. The molecule has 0 amide bonds. The molecule has 0 bridgehead atoms. The standard InChI is InChI=1S/C29H36N2O4S/c1-34-16-17-36-29-27(24-8-4-2-5-9-24)28(25-10-6-3-7-11-25)30-31(29)18-22-12-14-23(15-13-22)21-35-26(19-32)20-33/h2-11,19,22-23,26,33H,12-18,20-21H2,1H3. The first kappa shape index (κ1) is 26.6. The molecular formula is C29H36N2O4S. The van der Waals surface area contributed by atoms with Gasteiger partial charge in [-0.25, -0.2) is 0 Å². The summed E-state index contributed by atoms with van der Waals surface area (Å²) in [6.45, 7) is 1.84. The SMILES string of the molecule is COCCSc1c(-c2ccccc2)c(-c2ccccc2)nn1CC1CCC(COC(C=O)CO)CC1. The quantitative estimate of drug-likeness (QED) is 0.191. The van der Waals surface area contributed by atoms with Crippen LogP contribution >= 0.6 is 11.8 Å². The molecule has 0 radical (unpaired) electrons. The fraction of sp³-hybridized carbons (Fsp3) is 0.448. The van der Waals surface area contributed by atoms with E-state index < -0.39 is 6.10 Å². The minimum absolute atomic E-state index is 0.255. The van der Waals surface area contributed by atoms with Gasteiger partial charge in [-0.1, -0.05) is 60.7 Å².